The van der Waals surface area contributed by atoms with Gasteiger partial charge in [0.1, 0.15) is 0 Å². The third-order valence-corrected chi connectivity index (χ3v) is 6.23. The molecule has 0 aromatic heterocycles. The molecule has 0 spiro atoms. The van der Waals surface area contributed by atoms with E-state index in [4.69, 9.17) is 11.6 Å². The van der Waals surface area contributed by atoms with Gasteiger partial charge in [-0.25, -0.2) is 0 Å². The van der Waals surface area contributed by atoms with Crippen molar-refractivity contribution in [3.8, 4) is 0 Å². The number of alkyl halides is 1. The standard InChI is InChI=1S/C18H18BrClS/c19-16-5-3-4-13(10-16)8-14(11-20)9-15-12-21-18-7-2-1-6-17(15)18/h1-7,10,14-15H,8-9,11-12H2. The molecule has 2 atom stereocenters. The first kappa shape index (κ1) is 15.5. The van der Waals surface area contributed by atoms with Crippen LogP contribution in [0.2, 0.25) is 0 Å². The second-order valence-electron chi connectivity index (χ2n) is 5.64. The molecule has 2 aromatic rings. The van der Waals surface area contributed by atoms with Crippen LogP contribution in [-0.4, -0.2) is 11.6 Å². The average molecular weight is 382 g/mol. The quantitative estimate of drug-likeness (QED) is 0.562. The Labute approximate surface area is 144 Å². The van der Waals surface area contributed by atoms with Crippen molar-refractivity contribution in [1.82, 2.24) is 0 Å². The van der Waals surface area contributed by atoms with Gasteiger partial charge in [0.25, 0.3) is 0 Å². The van der Waals surface area contributed by atoms with Crippen molar-refractivity contribution in [2.45, 2.75) is 23.7 Å². The van der Waals surface area contributed by atoms with Crippen LogP contribution in [0.25, 0.3) is 0 Å². The van der Waals surface area contributed by atoms with Crippen LogP contribution in [0.5, 0.6) is 0 Å². The maximum Gasteiger partial charge on any atom is 0.0255 e. The lowest BCUT2D eigenvalue weighted by molar-refractivity contribution is 0.491. The fraction of sp³-hybridized carbons (Fsp3) is 0.333. The van der Waals surface area contributed by atoms with Gasteiger partial charge < -0.3 is 0 Å². The van der Waals surface area contributed by atoms with Gasteiger partial charge in [-0.15, -0.1) is 23.4 Å². The molecule has 2 aromatic carbocycles. The Kier molecular flexibility index (Phi) is 5.31. The summed E-state index contributed by atoms with van der Waals surface area (Å²) in [6.45, 7) is 0. The highest BCUT2D eigenvalue weighted by Crippen LogP contribution is 2.42. The maximum atomic E-state index is 6.24. The van der Waals surface area contributed by atoms with Crippen molar-refractivity contribution in [2.24, 2.45) is 5.92 Å². The van der Waals surface area contributed by atoms with E-state index in [2.05, 4.69) is 64.5 Å². The highest BCUT2D eigenvalue weighted by atomic mass is 79.9. The van der Waals surface area contributed by atoms with Gasteiger partial charge in [-0.1, -0.05) is 46.3 Å². The van der Waals surface area contributed by atoms with Crippen molar-refractivity contribution in [2.75, 3.05) is 11.6 Å². The Balaban J connectivity index is 1.68. The average Bonchev–Trinajstić information content (AvgIpc) is 2.90. The number of fused-ring (bicyclic) bond motifs is 1. The lowest BCUT2D eigenvalue weighted by atomic mass is 9.88. The summed E-state index contributed by atoms with van der Waals surface area (Å²) in [6, 6.07) is 17.4. The molecule has 0 saturated heterocycles. The summed E-state index contributed by atoms with van der Waals surface area (Å²) in [7, 11) is 0. The minimum atomic E-state index is 0.540. The van der Waals surface area contributed by atoms with Crippen molar-refractivity contribution in [1.29, 1.82) is 0 Å². The number of hydrogen-bond acceptors (Lipinski definition) is 1. The predicted molar refractivity (Wildman–Crippen MR) is 96.6 cm³/mol. The summed E-state index contributed by atoms with van der Waals surface area (Å²) >= 11 is 11.8. The van der Waals surface area contributed by atoms with Gasteiger partial charge in [-0.05, 0) is 54.0 Å². The molecule has 0 fully saturated rings. The van der Waals surface area contributed by atoms with Gasteiger partial charge in [0.2, 0.25) is 0 Å². The van der Waals surface area contributed by atoms with Crippen molar-refractivity contribution < 1.29 is 0 Å². The Hall–Kier alpha value is -0.440. The van der Waals surface area contributed by atoms with Gasteiger partial charge in [-0.3, -0.25) is 0 Å². The number of rotatable bonds is 5. The van der Waals surface area contributed by atoms with Crippen LogP contribution in [0.4, 0.5) is 0 Å². The monoisotopic (exact) mass is 380 g/mol. The van der Waals surface area contributed by atoms with Crippen molar-refractivity contribution in [3.05, 3.63) is 64.1 Å². The first-order chi connectivity index (χ1) is 10.3. The minimum Gasteiger partial charge on any atom is -0.126 e. The van der Waals surface area contributed by atoms with E-state index in [0.29, 0.717) is 11.8 Å². The normalized spacial score (nSPS) is 18.5. The Morgan fingerprint density at radius 2 is 2.05 bits per heavy atom. The van der Waals surface area contributed by atoms with Crippen LogP contribution < -0.4 is 0 Å². The highest BCUT2D eigenvalue weighted by molar-refractivity contribution is 9.10. The molecule has 0 radical (unpaired) electrons. The molecule has 0 nitrogen and oxygen atoms in total. The fourth-order valence-corrected chi connectivity index (χ4v) is 4.98. The molecule has 0 saturated carbocycles. The highest BCUT2D eigenvalue weighted by Gasteiger charge is 2.25. The molecule has 110 valence electrons. The van der Waals surface area contributed by atoms with E-state index in [9.17, 15) is 0 Å². The summed E-state index contributed by atoms with van der Waals surface area (Å²) in [5.74, 6) is 3.13. The first-order valence-corrected chi connectivity index (χ1v) is 9.59. The second kappa shape index (κ2) is 7.21. The summed E-state index contributed by atoms with van der Waals surface area (Å²) in [6.07, 6.45) is 2.24. The maximum absolute atomic E-state index is 6.24. The predicted octanol–water partition coefficient (Wildman–Crippen LogP) is 6.13. The molecule has 1 heterocycles. The lowest BCUT2D eigenvalue weighted by Crippen LogP contribution is -2.12. The summed E-state index contributed by atoms with van der Waals surface area (Å²) in [5.41, 5.74) is 2.89. The molecular formula is C18H18BrClS. The molecule has 0 aliphatic carbocycles. The topological polar surface area (TPSA) is 0 Å². The van der Waals surface area contributed by atoms with Gasteiger partial charge in [-0.2, -0.15) is 0 Å². The SMILES string of the molecule is ClCC(Cc1cccc(Br)c1)CC1CSc2ccccc21. The van der Waals surface area contributed by atoms with Crippen molar-refractivity contribution >= 4 is 39.3 Å². The van der Waals surface area contributed by atoms with E-state index in [-0.39, 0.29) is 0 Å². The van der Waals surface area contributed by atoms with Crippen molar-refractivity contribution in [3.63, 3.8) is 0 Å². The number of hydrogen-bond donors (Lipinski definition) is 0. The minimum absolute atomic E-state index is 0.540. The van der Waals surface area contributed by atoms with E-state index in [1.165, 1.54) is 28.2 Å². The Morgan fingerprint density at radius 1 is 1.19 bits per heavy atom. The summed E-state index contributed by atoms with van der Waals surface area (Å²) < 4.78 is 1.15. The van der Waals surface area contributed by atoms with Crippen LogP contribution in [0.1, 0.15) is 23.5 Å². The Morgan fingerprint density at radius 3 is 2.86 bits per heavy atom. The van der Waals surface area contributed by atoms with Crippen LogP contribution in [0.3, 0.4) is 0 Å². The zero-order valence-corrected chi connectivity index (χ0v) is 14.9. The second-order valence-corrected chi connectivity index (χ2v) is 7.92. The molecular weight excluding hydrogens is 364 g/mol. The number of benzene rings is 2. The summed E-state index contributed by atoms with van der Waals surface area (Å²) in [4.78, 5) is 1.46. The van der Waals surface area contributed by atoms with E-state index in [1.807, 2.05) is 11.8 Å². The van der Waals surface area contributed by atoms with E-state index < -0.39 is 0 Å². The third kappa shape index (κ3) is 3.85. The summed E-state index contributed by atoms with van der Waals surface area (Å²) in [5, 5.41) is 0. The largest absolute Gasteiger partial charge is 0.126 e. The van der Waals surface area contributed by atoms with Gasteiger partial charge in [0.05, 0.1) is 0 Å². The first-order valence-electron chi connectivity index (χ1n) is 7.28. The number of thioether (sulfide) groups is 1. The molecule has 1 aliphatic rings. The van der Waals surface area contributed by atoms with E-state index >= 15 is 0 Å². The van der Waals surface area contributed by atoms with Crippen LogP contribution in [0.15, 0.2) is 57.9 Å². The molecule has 3 rings (SSSR count). The Bertz CT molecular complexity index is 614. The molecule has 2 unspecified atom stereocenters. The van der Waals surface area contributed by atoms with Gasteiger partial charge in [0, 0.05) is 21.0 Å². The van der Waals surface area contributed by atoms with E-state index in [0.717, 1.165) is 16.8 Å². The van der Waals surface area contributed by atoms with Gasteiger partial charge >= 0.3 is 0 Å². The van der Waals surface area contributed by atoms with Crippen LogP contribution in [-0.2, 0) is 6.42 Å². The number of halogens is 2. The van der Waals surface area contributed by atoms with Gasteiger partial charge in [0.15, 0.2) is 0 Å². The zero-order chi connectivity index (χ0) is 14.7. The molecule has 1 aliphatic heterocycles. The van der Waals surface area contributed by atoms with Crippen LogP contribution >= 0.6 is 39.3 Å². The molecule has 0 N–H and O–H groups in total. The lowest BCUT2D eigenvalue weighted by Gasteiger charge is -2.19. The third-order valence-electron chi connectivity index (χ3n) is 4.05. The van der Waals surface area contributed by atoms with Crippen LogP contribution in [0, 0.1) is 5.92 Å². The molecule has 21 heavy (non-hydrogen) atoms. The fourth-order valence-electron chi connectivity index (χ4n) is 3.02. The smallest absolute Gasteiger partial charge is 0.0255 e. The molecule has 0 amide bonds. The molecule has 0 bridgehead atoms. The van der Waals surface area contributed by atoms with E-state index in [1.54, 1.807) is 0 Å². The molecule has 3 heteroatoms. The zero-order valence-electron chi connectivity index (χ0n) is 11.8.